The molecule has 6 rings (SSSR count). The number of para-hydroxylation sites is 1. The Morgan fingerprint density at radius 1 is 0.564 bits per heavy atom. The van der Waals surface area contributed by atoms with Crippen LogP contribution in [0, 0.1) is 6.92 Å². The molecule has 6 aromatic rings. The SMILES string of the molecule is Cc1ccc(-c2ccccc2-c2ccccc2)cc1.O=C(Oc1ccccc1)c1ccc2ccccc2c1O. The number of rotatable bonds is 4. The number of carbonyl (C=O) groups excluding carboxylic acids is 1. The highest BCUT2D eigenvalue weighted by atomic mass is 16.5. The molecule has 0 unspecified atom stereocenters. The number of ether oxygens (including phenoxy) is 1. The minimum absolute atomic E-state index is 0.0518. The van der Waals surface area contributed by atoms with Crippen LogP contribution in [0.4, 0.5) is 0 Å². The molecule has 0 atom stereocenters. The molecule has 0 aromatic heterocycles. The number of hydrogen-bond donors (Lipinski definition) is 1. The van der Waals surface area contributed by atoms with Crippen molar-refractivity contribution in [1.82, 2.24) is 0 Å². The fourth-order valence-electron chi connectivity index (χ4n) is 4.41. The summed E-state index contributed by atoms with van der Waals surface area (Å²) in [5.41, 5.74) is 6.55. The maximum Gasteiger partial charge on any atom is 0.347 e. The summed E-state index contributed by atoms with van der Waals surface area (Å²) in [6.07, 6.45) is 0. The third-order valence-corrected chi connectivity index (χ3v) is 6.45. The molecule has 1 N–H and O–H groups in total. The van der Waals surface area contributed by atoms with Gasteiger partial charge in [0.1, 0.15) is 17.1 Å². The average molecular weight is 509 g/mol. The average Bonchev–Trinajstić information content (AvgIpc) is 2.99. The number of carbonyl (C=O) groups is 1. The van der Waals surface area contributed by atoms with Crippen molar-refractivity contribution in [3.63, 3.8) is 0 Å². The van der Waals surface area contributed by atoms with Gasteiger partial charge in [0.15, 0.2) is 0 Å². The minimum Gasteiger partial charge on any atom is -0.506 e. The van der Waals surface area contributed by atoms with Gasteiger partial charge in [0.25, 0.3) is 0 Å². The van der Waals surface area contributed by atoms with Gasteiger partial charge in [-0.25, -0.2) is 4.79 Å². The number of phenolic OH excluding ortho intramolecular Hbond substituents is 1. The predicted octanol–water partition coefficient (Wildman–Crippen LogP) is 9.09. The lowest BCUT2D eigenvalue weighted by molar-refractivity contribution is 0.0732. The van der Waals surface area contributed by atoms with Gasteiger partial charge in [-0.05, 0) is 52.8 Å². The molecule has 0 saturated carbocycles. The first-order valence-corrected chi connectivity index (χ1v) is 12.8. The van der Waals surface area contributed by atoms with Crippen LogP contribution in [0.3, 0.4) is 0 Å². The van der Waals surface area contributed by atoms with E-state index in [2.05, 4.69) is 85.8 Å². The lowest BCUT2D eigenvalue weighted by atomic mass is 9.94. The van der Waals surface area contributed by atoms with Gasteiger partial charge in [-0.1, -0.05) is 133 Å². The highest BCUT2D eigenvalue weighted by Gasteiger charge is 2.15. The Hall–Kier alpha value is -5.15. The molecule has 0 fully saturated rings. The first-order chi connectivity index (χ1) is 19.1. The van der Waals surface area contributed by atoms with E-state index in [1.54, 1.807) is 42.5 Å². The van der Waals surface area contributed by atoms with Crippen molar-refractivity contribution in [3.05, 3.63) is 157 Å². The molecule has 0 bridgehead atoms. The summed E-state index contributed by atoms with van der Waals surface area (Å²) >= 11 is 0. The summed E-state index contributed by atoms with van der Waals surface area (Å²) in [6.45, 7) is 2.12. The second kappa shape index (κ2) is 11.9. The summed E-state index contributed by atoms with van der Waals surface area (Å²) in [6, 6.07) is 47.3. The van der Waals surface area contributed by atoms with E-state index in [1.807, 2.05) is 24.3 Å². The molecule has 0 amide bonds. The number of esters is 1. The van der Waals surface area contributed by atoms with Crippen LogP contribution in [0.1, 0.15) is 15.9 Å². The van der Waals surface area contributed by atoms with Crippen molar-refractivity contribution >= 4 is 16.7 Å². The zero-order valence-corrected chi connectivity index (χ0v) is 21.6. The Morgan fingerprint density at radius 2 is 1.10 bits per heavy atom. The van der Waals surface area contributed by atoms with Crippen LogP contribution >= 0.6 is 0 Å². The van der Waals surface area contributed by atoms with Gasteiger partial charge < -0.3 is 9.84 Å². The molecule has 0 aliphatic rings. The molecule has 0 aliphatic heterocycles. The number of benzene rings is 6. The van der Waals surface area contributed by atoms with Gasteiger partial charge >= 0.3 is 5.97 Å². The smallest absolute Gasteiger partial charge is 0.347 e. The first kappa shape index (κ1) is 25.5. The lowest BCUT2D eigenvalue weighted by Gasteiger charge is -2.10. The molecule has 0 aliphatic carbocycles. The summed E-state index contributed by atoms with van der Waals surface area (Å²) in [4.78, 5) is 12.1. The van der Waals surface area contributed by atoms with E-state index in [1.165, 1.54) is 27.8 Å². The molecular formula is C36H28O3. The monoisotopic (exact) mass is 508 g/mol. The molecule has 3 nitrogen and oxygen atoms in total. The zero-order valence-electron chi connectivity index (χ0n) is 21.6. The van der Waals surface area contributed by atoms with E-state index >= 15 is 0 Å². The third kappa shape index (κ3) is 6.06. The zero-order chi connectivity index (χ0) is 27.0. The van der Waals surface area contributed by atoms with E-state index in [9.17, 15) is 9.90 Å². The Kier molecular flexibility index (Phi) is 7.80. The normalized spacial score (nSPS) is 10.4. The van der Waals surface area contributed by atoms with Crippen LogP contribution in [0.15, 0.2) is 146 Å². The van der Waals surface area contributed by atoms with E-state index < -0.39 is 5.97 Å². The van der Waals surface area contributed by atoms with Crippen molar-refractivity contribution < 1.29 is 14.6 Å². The number of phenols is 1. The van der Waals surface area contributed by atoms with Crippen LogP contribution in [0.2, 0.25) is 0 Å². The first-order valence-electron chi connectivity index (χ1n) is 12.8. The van der Waals surface area contributed by atoms with E-state index in [-0.39, 0.29) is 11.3 Å². The van der Waals surface area contributed by atoms with Gasteiger partial charge in [-0.15, -0.1) is 0 Å². The van der Waals surface area contributed by atoms with Crippen molar-refractivity contribution in [1.29, 1.82) is 0 Å². The molecule has 0 heterocycles. The second-order valence-corrected chi connectivity index (χ2v) is 9.16. The van der Waals surface area contributed by atoms with Crippen LogP contribution < -0.4 is 4.74 Å². The maximum absolute atomic E-state index is 12.1. The molecule has 0 radical (unpaired) electrons. The van der Waals surface area contributed by atoms with Crippen molar-refractivity contribution in [3.8, 4) is 33.8 Å². The van der Waals surface area contributed by atoms with Gasteiger partial charge in [0.05, 0.1) is 0 Å². The Bertz CT molecular complexity index is 1690. The van der Waals surface area contributed by atoms with Crippen molar-refractivity contribution in [2.24, 2.45) is 0 Å². The standard InChI is InChI=1S/C19H16.C17H12O3/c1-15-11-13-17(14-12-15)19-10-6-5-9-18(19)16-7-3-2-4-8-16;18-16-14-9-5-4-6-12(14)10-11-15(16)17(19)20-13-7-2-1-3-8-13/h2-14H,1H3;1-11,18H. The molecule has 0 saturated heterocycles. The van der Waals surface area contributed by atoms with Gasteiger partial charge in [0, 0.05) is 5.39 Å². The molecule has 190 valence electrons. The molecule has 6 aromatic carbocycles. The highest BCUT2D eigenvalue weighted by molar-refractivity contribution is 6.01. The van der Waals surface area contributed by atoms with Crippen LogP contribution in [-0.4, -0.2) is 11.1 Å². The number of aromatic hydroxyl groups is 1. The van der Waals surface area contributed by atoms with Crippen LogP contribution in [-0.2, 0) is 0 Å². The Morgan fingerprint density at radius 3 is 1.77 bits per heavy atom. The van der Waals surface area contributed by atoms with Crippen LogP contribution in [0.25, 0.3) is 33.0 Å². The van der Waals surface area contributed by atoms with Crippen molar-refractivity contribution in [2.45, 2.75) is 6.92 Å². The fraction of sp³-hybridized carbons (Fsp3) is 0.0278. The maximum atomic E-state index is 12.1. The number of hydrogen-bond acceptors (Lipinski definition) is 3. The fourth-order valence-corrected chi connectivity index (χ4v) is 4.41. The van der Waals surface area contributed by atoms with E-state index in [0.29, 0.717) is 11.1 Å². The summed E-state index contributed by atoms with van der Waals surface area (Å²) in [5, 5.41) is 11.7. The lowest BCUT2D eigenvalue weighted by Crippen LogP contribution is -2.08. The minimum atomic E-state index is -0.570. The van der Waals surface area contributed by atoms with E-state index in [4.69, 9.17) is 4.74 Å². The molecule has 0 spiro atoms. The van der Waals surface area contributed by atoms with Crippen molar-refractivity contribution in [2.75, 3.05) is 0 Å². The van der Waals surface area contributed by atoms with Gasteiger partial charge in [-0.2, -0.15) is 0 Å². The highest BCUT2D eigenvalue weighted by Crippen LogP contribution is 2.32. The Labute approximate surface area is 228 Å². The predicted molar refractivity (Wildman–Crippen MR) is 159 cm³/mol. The quantitative estimate of drug-likeness (QED) is 0.191. The molecule has 3 heteroatoms. The number of aryl methyl sites for hydroxylation is 1. The molecule has 39 heavy (non-hydrogen) atoms. The van der Waals surface area contributed by atoms with Crippen LogP contribution in [0.5, 0.6) is 11.5 Å². The van der Waals surface area contributed by atoms with Gasteiger partial charge in [-0.3, -0.25) is 0 Å². The van der Waals surface area contributed by atoms with Gasteiger partial charge in [0.2, 0.25) is 0 Å². The second-order valence-electron chi connectivity index (χ2n) is 9.16. The summed E-state index contributed by atoms with van der Waals surface area (Å²) in [5.74, 6) is -0.173. The third-order valence-electron chi connectivity index (χ3n) is 6.45. The summed E-state index contributed by atoms with van der Waals surface area (Å²) < 4.78 is 5.23. The Balaban J connectivity index is 0.000000158. The number of fused-ring (bicyclic) bond motifs is 1. The summed E-state index contributed by atoms with van der Waals surface area (Å²) in [7, 11) is 0. The largest absolute Gasteiger partial charge is 0.506 e. The van der Waals surface area contributed by atoms with E-state index in [0.717, 1.165) is 5.39 Å². The molecular weight excluding hydrogens is 480 g/mol. The topological polar surface area (TPSA) is 46.5 Å².